The van der Waals surface area contributed by atoms with Crippen molar-refractivity contribution in [3.05, 3.63) is 58.9 Å². The van der Waals surface area contributed by atoms with Crippen LogP contribution in [-0.4, -0.2) is 36.9 Å². The summed E-state index contributed by atoms with van der Waals surface area (Å²) in [5.41, 5.74) is 5.38. The molecule has 140 valence electrons. The standard InChI is InChI=1S/C20H26N2O3S/c1-5-26(24,25)13-12-21-20(23)11-8-18-14-16(3)22(17(18)4)19-9-6-15(2)7-10-19/h6-11,14H,5,12-13H2,1-4H3,(H,21,23)/b11-8+. The Bertz CT molecular complexity index is 907. The van der Waals surface area contributed by atoms with Crippen LogP contribution in [0.15, 0.2) is 36.4 Å². The summed E-state index contributed by atoms with van der Waals surface area (Å²) >= 11 is 0. The molecule has 0 aliphatic carbocycles. The summed E-state index contributed by atoms with van der Waals surface area (Å²) in [4.78, 5) is 11.9. The normalized spacial score (nSPS) is 11.8. The Kier molecular flexibility index (Phi) is 6.42. The van der Waals surface area contributed by atoms with E-state index in [-0.39, 0.29) is 24.0 Å². The molecule has 0 atom stereocenters. The number of rotatable bonds is 7. The second-order valence-corrected chi connectivity index (χ2v) is 8.83. The molecular weight excluding hydrogens is 348 g/mol. The van der Waals surface area contributed by atoms with Crippen molar-refractivity contribution >= 4 is 21.8 Å². The largest absolute Gasteiger partial charge is 0.352 e. The van der Waals surface area contributed by atoms with E-state index in [9.17, 15) is 13.2 Å². The maximum Gasteiger partial charge on any atom is 0.244 e. The fourth-order valence-electron chi connectivity index (χ4n) is 2.75. The third-order valence-corrected chi connectivity index (χ3v) is 6.03. The summed E-state index contributed by atoms with van der Waals surface area (Å²) in [6.45, 7) is 7.82. The lowest BCUT2D eigenvalue weighted by atomic mass is 10.2. The number of nitrogens with one attached hydrogen (secondary N) is 1. The molecule has 0 aliphatic rings. The van der Waals surface area contributed by atoms with Crippen molar-refractivity contribution in [2.75, 3.05) is 18.1 Å². The van der Waals surface area contributed by atoms with Crippen molar-refractivity contribution in [1.29, 1.82) is 0 Å². The maximum atomic E-state index is 11.9. The van der Waals surface area contributed by atoms with E-state index >= 15 is 0 Å². The molecule has 6 heteroatoms. The van der Waals surface area contributed by atoms with Crippen LogP contribution in [0.25, 0.3) is 11.8 Å². The topological polar surface area (TPSA) is 68.2 Å². The zero-order valence-corrected chi connectivity index (χ0v) is 16.6. The molecule has 0 saturated heterocycles. The summed E-state index contributed by atoms with van der Waals surface area (Å²) in [6.07, 6.45) is 3.20. The quantitative estimate of drug-likeness (QED) is 0.758. The summed E-state index contributed by atoms with van der Waals surface area (Å²) in [6, 6.07) is 10.3. The molecule has 0 spiro atoms. The number of nitrogens with zero attached hydrogens (tertiary/aromatic N) is 1. The van der Waals surface area contributed by atoms with Gasteiger partial charge in [0.25, 0.3) is 0 Å². The first-order valence-electron chi connectivity index (χ1n) is 8.66. The number of carbonyl (C=O) groups is 1. The molecule has 1 N–H and O–H groups in total. The van der Waals surface area contributed by atoms with Crippen molar-refractivity contribution < 1.29 is 13.2 Å². The number of hydrogen-bond donors (Lipinski definition) is 1. The third-order valence-electron chi connectivity index (χ3n) is 4.33. The van der Waals surface area contributed by atoms with Crippen LogP contribution in [0.5, 0.6) is 0 Å². The van der Waals surface area contributed by atoms with Crippen LogP contribution in [0.2, 0.25) is 0 Å². The van der Waals surface area contributed by atoms with Gasteiger partial charge < -0.3 is 9.88 Å². The number of aromatic nitrogens is 1. The minimum absolute atomic E-state index is 0.0367. The van der Waals surface area contributed by atoms with E-state index in [1.54, 1.807) is 13.0 Å². The average molecular weight is 375 g/mol. The van der Waals surface area contributed by atoms with Crippen LogP contribution < -0.4 is 5.32 Å². The van der Waals surface area contributed by atoms with Crippen LogP contribution >= 0.6 is 0 Å². The van der Waals surface area contributed by atoms with E-state index in [0.29, 0.717) is 0 Å². The first kappa shape index (κ1) is 20.0. The smallest absolute Gasteiger partial charge is 0.244 e. The van der Waals surface area contributed by atoms with Crippen molar-refractivity contribution in [2.24, 2.45) is 0 Å². The molecule has 26 heavy (non-hydrogen) atoms. The first-order valence-corrected chi connectivity index (χ1v) is 10.5. The number of carbonyl (C=O) groups excluding carboxylic acids is 1. The monoisotopic (exact) mass is 374 g/mol. The lowest BCUT2D eigenvalue weighted by Gasteiger charge is -2.09. The second kappa shape index (κ2) is 8.36. The van der Waals surface area contributed by atoms with Gasteiger partial charge in [0.1, 0.15) is 0 Å². The number of hydrogen-bond acceptors (Lipinski definition) is 3. The molecule has 0 bridgehead atoms. The molecule has 0 aliphatic heterocycles. The molecule has 1 amide bonds. The number of sulfone groups is 1. The Morgan fingerprint density at radius 1 is 1.15 bits per heavy atom. The van der Waals surface area contributed by atoms with Crippen molar-refractivity contribution in [3.8, 4) is 5.69 Å². The third kappa shape index (κ3) is 5.08. The zero-order chi connectivity index (χ0) is 19.3. The van der Waals surface area contributed by atoms with Crippen molar-refractivity contribution in [1.82, 2.24) is 9.88 Å². The Morgan fingerprint density at radius 2 is 1.81 bits per heavy atom. The highest BCUT2D eigenvalue weighted by atomic mass is 32.2. The minimum atomic E-state index is -3.07. The van der Waals surface area contributed by atoms with Gasteiger partial charge in [-0.3, -0.25) is 4.79 Å². The van der Waals surface area contributed by atoms with Gasteiger partial charge in [-0.05, 0) is 50.6 Å². The molecule has 2 rings (SSSR count). The summed E-state index contributed by atoms with van der Waals surface area (Å²) in [5, 5.41) is 2.61. The predicted octanol–water partition coefficient (Wildman–Crippen LogP) is 2.97. The van der Waals surface area contributed by atoms with E-state index in [1.165, 1.54) is 11.6 Å². The van der Waals surface area contributed by atoms with Gasteiger partial charge in [0.15, 0.2) is 9.84 Å². The Hall–Kier alpha value is -2.34. The van der Waals surface area contributed by atoms with E-state index in [0.717, 1.165) is 22.6 Å². The van der Waals surface area contributed by atoms with Gasteiger partial charge >= 0.3 is 0 Å². The van der Waals surface area contributed by atoms with Gasteiger partial charge in [0, 0.05) is 35.4 Å². The molecule has 0 radical (unpaired) electrons. The summed E-state index contributed by atoms with van der Waals surface area (Å²) < 4.78 is 25.0. The second-order valence-electron chi connectivity index (χ2n) is 6.36. The van der Waals surface area contributed by atoms with Gasteiger partial charge in [-0.15, -0.1) is 0 Å². The van der Waals surface area contributed by atoms with Crippen LogP contribution in [-0.2, 0) is 14.6 Å². The van der Waals surface area contributed by atoms with Crippen LogP contribution in [0, 0.1) is 20.8 Å². The Labute approximate surface area is 155 Å². The highest BCUT2D eigenvalue weighted by Crippen LogP contribution is 2.22. The molecule has 0 fully saturated rings. The van der Waals surface area contributed by atoms with Gasteiger partial charge in [-0.2, -0.15) is 0 Å². The maximum absolute atomic E-state index is 11.9. The summed E-state index contributed by atoms with van der Waals surface area (Å²) in [7, 11) is -3.07. The van der Waals surface area contributed by atoms with Crippen LogP contribution in [0.3, 0.4) is 0 Å². The first-order chi connectivity index (χ1) is 12.2. The molecule has 2 aromatic rings. The molecule has 0 saturated carbocycles. The molecule has 1 heterocycles. The number of benzene rings is 1. The summed E-state index contributed by atoms with van der Waals surface area (Å²) in [5.74, 6) is -0.245. The molecule has 5 nitrogen and oxygen atoms in total. The number of aryl methyl sites for hydroxylation is 2. The van der Waals surface area contributed by atoms with E-state index in [2.05, 4.69) is 41.1 Å². The highest BCUT2D eigenvalue weighted by molar-refractivity contribution is 7.91. The molecule has 0 unspecified atom stereocenters. The Morgan fingerprint density at radius 3 is 2.42 bits per heavy atom. The van der Waals surface area contributed by atoms with Crippen LogP contribution in [0.4, 0.5) is 0 Å². The van der Waals surface area contributed by atoms with Crippen molar-refractivity contribution in [3.63, 3.8) is 0 Å². The Balaban J connectivity index is 2.08. The van der Waals surface area contributed by atoms with Gasteiger partial charge in [0.05, 0.1) is 5.75 Å². The lowest BCUT2D eigenvalue weighted by Crippen LogP contribution is -2.28. The zero-order valence-electron chi connectivity index (χ0n) is 15.7. The molecular formula is C20H26N2O3S. The fourth-order valence-corrected chi connectivity index (χ4v) is 3.45. The van der Waals surface area contributed by atoms with E-state index in [1.807, 2.05) is 19.9 Å². The molecule has 1 aromatic heterocycles. The van der Waals surface area contributed by atoms with Crippen LogP contribution in [0.1, 0.15) is 29.4 Å². The van der Waals surface area contributed by atoms with E-state index < -0.39 is 9.84 Å². The lowest BCUT2D eigenvalue weighted by molar-refractivity contribution is -0.116. The highest BCUT2D eigenvalue weighted by Gasteiger charge is 2.10. The fraction of sp³-hybridized carbons (Fsp3) is 0.350. The van der Waals surface area contributed by atoms with Gasteiger partial charge in [-0.25, -0.2) is 8.42 Å². The number of amides is 1. The van der Waals surface area contributed by atoms with Crippen molar-refractivity contribution in [2.45, 2.75) is 27.7 Å². The average Bonchev–Trinajstić information content (AvgIpc) is 2.88. The SMILES string of the molecule is CCS(=O)(=O)CCNC(=O)/C=C/c1cc(C)n(-c2ccc(C)cc2)c1C. The van der Waals surface area contributed by atoms with Gasteiger partial charge in [0.2, 0.25) is 5.91 Å². The minimum Gasteiger partial charge on any atom is -0.352 e. The predicted molar refractivity (Wildman–Crippen MR) is 106 cm³/mol. The molecule has 1 aromatic carbocycles. The van der Waals surface area contributed by atoms with E-state index in [4.69, 9.17) is 0 Å². The van der Waals surface area contributed by atoms with Gasteiger partial charge in [-0.1, -0.05) is 24.6 Å².